The maximum Gasteiger partial charge on any atom is 0.304 e. The summed E-state index contributed by atoms with van der Waals surface area (Å²) in [6.45, 7) is 2.02. The molecule has 0 saturated heterocycles. The number of benzene rings is 1. The van der Waals surface area contributed by atoms with E-state index >= 15 is 0 Å². The van der Waals surface area contributed by atoms with E-state index in [9.17, 15) is 4.79 Å². The molecular formula is C15H13NO2. The molecule has 1 heterocycles. The zero-order valence-electron chi connectivity index (χ0n) is 10.1. The molecule has 1 aliphatic carbocycles. The minimum Gasteiger partial charge on any atom is -0.481 e. The lowest BCUT2D eigenvalue weighted by Gasteiger charge is -2.10. The second kappa shape index (κ2) is 3.95. The Labute approximate surface area is 105 Å². The quantitative estimate of drug-likeness (QED) is 0.876. The first-order valence-electron chi connectivity index (χ1n) is 5.94. The van der Waals surface area contributed by atoms with Crippen molar-refractivity contribution >= 4 is 5.97 Å². The molecule has 0 amide bonds. The van der Waals surface area contributed by atoms with Gasteiger partial charge in [-0.25, -0.2) is 0 Å². The van der Waals surface area contributed by atoms with Crippen molar-refractivity contribution in [3.05, 3.63) is 53.2 Å². The molecule has 2 aromatic rings. The molecule has 0 saturated carbocycles. The first kappa shape index (κ1) is 11.0. The molecule has 0 fully saturated rings. The lowest BCUT2D eigenvalue weighted by Crippen LogP contribution is -2.05. The third-order valence-corrected chi connectivity index (χ3v) is 3.43. The van der Waals surface area contributed by atoms with Crippen LogP contribution in [0, 0.1) is 6.92 Å². The van der Waals surface area contributed by atoms with Gasteiger partial charge in [-0.2, -0.15) is 0 Å². The summed E-state index contributed by atoms with van der Waals surface area (Å²) in [6.07, 6.45) is 1.88. The number of nitrogens with zero attached hydrogens (tertiary/aromatic N) is 1. The Kier molecular flexibility index (Phi) is 2.40. The van der Waals surface area contributed by atoms with Gasteiger partial charge in [0.25, 0.3) is 0 Å². The number of carbonyl (C=O) groups is 1. The molecule has 1 aromatic carbocycles. The Morgan fingerprint density at radius 1 is 1.33 bits per heavy atom. The van der Waals surface area contributed by atoms with Crippen LogP contribution in [0.2, 0.25) is 0 Å². The standard InChI is InChI=1S/C15H13NO2/c1-9-4-5-11-12(7-9)13(8-14(17)18)10-3-2-6-16-15(10)11/h2-7,13H,8H2,1H3,(H,17,18). The zero-order chi connectivity index (χ0) is 12.7. The van der Waals surface area contributed by atoms with Gasteiger partial charge in [0.15, 0.2) is 0 Å². The summed E-state index contributed by atoms with van der Waals surface area (Å²) in [5, 5.41) is 9.07. The lowest BCUT2D eigenvalue weighted by molar-refractivity contribution is -0.137. The van der Waals surface area contributed by atoms with Crippen LogP contribution in [-0.4, -0.2) is 16.1 Å². The van der Waals surface area contributed by atoms with E-state index in [0.717, 1.165) is 27.9 Å². The number of aromatic nitrogens is 1. The summed E-state index contributed by atoms with van der Waals surface area (Å²) in [6, 6.07) is 10.0. The van der Waals surface area contributed by atoms with Gasteiger partial charge in [-0.3, -0.25) is 9.78 Å². The smallest absolute Gasteiger partial charge is 0.304 e. The molecule has 3 rings (SSSR count). The first-order chi connectivity index (χ1) is 8.66. The minimum absolute atomic E-state index is 0.0684. The summed E-state index contributed by atoms with van der Waals surface area (Å²) in [7, 11) is 0. The summed E-state index contributed by atoms with van der Waals surface area (Å²) >= 11 is 0. The van der Waals surface area contributed by atoms with Crippen molar-refractivity contribution in [3.8, 4) is 11.3 Å². The van der Waals surface area contributed by atoms with Crippen LogP contribution in [0.4, 0.5) is 0 Å². The van der Waals surface area contributed by atoms with Crippen molar-refractivity contribution in [2.75, 3.05) is 0 Å². The average Bonchev–Trinajstić information content (AvgIpc) is 2.63. The van der Waals surface area contributed by atoms with Gasteiger partial charge < -0.3 is 5.11 Å². The van der Waals surface area contributed by atoms with E-state index in [-0.39, 0.29) is 12.3 Å². The monoisotopic (exact) mass is 239 g/mol. The van der Waals surface area contributed by atoms with Gasteiger partial charge in [-0.15, -0.1) is 0 Å². The predicted molar refractivity (Wildman–Crippen MR) is 68.5 cm³/mol. The molecule has 90 valence electrons. The van der Waals surface area contributed by atoms with E-state index < -0.39 is 5.97 Å². The van der Waals surface area contributed by atoms with Crippen molar-refractivity contribution in [2.24, 2.45) is 0 Å². The number of aliphatic carboxylic acids is 1. The summed E-state index contributed by atoms with van der Waals surface area (Å²) < 4.78 is 0. The molecule has 0 aliphatic heterocycles. The second-order valence-corrected chi connectivity index (χ2v) is 4.68. The molecule has 3 heteroatoms. The van der Waals surface area contributed by atoms with Gasteiger partial charge in [-0.1, -0.05) is 29.8 Å². The van der Waals surface area contributed by atoms with Crippen molar-refractivity contribution < 1.29 is 9.90 Å². The summed E-state index contributed by atoms with van der Waals surface area (Å²) in [5.41, 5.74) is 5.27. The molecule has 1 atom stereocenters. The van der Waals surface area contributed by atoms with Gasteiger partial charge in [0.1, 0.15) is 0 Å². The van der Waals surface area contributed by atoms with Crippen molar-refractivity contribution in [3.63, 3.8) is 0 Å². The molecular weight excluding hydrogens is 226 g/mol. The van der Waals surface area contributed by atoms with Crippen LogP contribution in [0.3, 0.4) is 0 Å². The van der Waals surface area contributed by atoms with Crippen molar-refractivity contribution in [1.29, 1.82) is 0 Å². The SMILES string of the molecule is Cc1ccc2c(c1)C(CC(=O)O)c1cccnc1-2. The molecule has 1 aliphatic rings. The maximum atomic E-state index is 11.0. The maximum absolute atomic E-state index is 11.0. The van der Waals surface area contributed by atoms with E-state index in [2.05, 4.69) is 11.1 Å². The van der Waals surface area contributed by atoms with Crippen LogP contribution in [0.5, 0.6) is 0 Å². The minimum atomic E-state index is -0.774. The lowest BCUT2D eigenvalue weighted by atomic mass is 9.93. The average molecular weight is 239 g/mol. The van der Waals surface area contributed by atoms with Crippen LogP contribution in [-0.2, 0) is 4.79 Å². The number of fused-ring (bicyclic) bond motifs is 3. The number of aryl methyl sites for hydroxylation is 1. The van der Waals surface area contributed by atoms with E-state index in [1.807, 2.05) is 31.2 Å². The Morgan fingerprint density at radius 2 is 2.17 bits per heavy atom. The molecule has 0 bridgehead atoms. The predicted octanol–water partition coefficient (Wildman–Crippen LogP) is 2.98. The van der Waals surface area contributed by atoms with Gasteiger partial charge in [-0.05, 0) is 24.1 Å². The van der Waals surface area contributed by atoms with Crippen molar-refractivity contribution in [1.82, 2.24) is 4.98 Å². The molecule has 3 nitrogen and oxygen atoms in total. The van der Waals surface area contributed by atoms with E-state index in [0.29, 0.717) is 0 Å². The number of rotatable bonds is 2. The van der Waals surface area contributed by atoms with E-state index in [4.69, 9.17) is 5.11 Å². The number of pyridine rings is 1. The fourth-order valence-corrected chi connectivity index (χ4v) is 2.67. The van der Waals surface area contributed by atoms with Crippen LogP contribution in [0.25, 0.3) is 11.3 Å². The second-order valence-electron chi connectivity index (χ2n) is 4.68. The van der Waals surface area contributed by atoms with E-state index in [1.54, 1.807) is 6.20 Å². The zero-order valence-corrected chi connectivity index (χ0v) is 10.1. The van der Waals surface area contributed by atoms with E-state index in [1.165, 1.54) is 0 Å². The topological polar surface area (TPSA) is 50.2 Å². The van der Waals surface area contributed by atoms with Gasteiger partial charge in [0, 0.05) is 17.7 Å². The molecule has 1 N–H and O–H groups in total. The number of carboxylic acid groups (broad SMARTS) is 1. The summed E-state index contributed by atoms with van der Waals surface area (Å²) in [5.74, 6) is -0.842. The fourth-order valence-electron chi connectivity index (χ4n) is 2.67. The summed E-state index contributed by atoms with van der Waals surface area (Å²) in [4.78, 5) is 15.4. The molecule has 18 heavy (non-hydrogen) atoms. The third kappa shape index (κ3) is 1.59. The van der Waals surface area contributed by atoms with Gasteiger partial charge >= 0.3 is 5.97 Å². The van der Waals surface area contributed by atoms with Gasteiger partial charge in [0.2, 0.25) is 0 Å². The largest absolute Gasteiger partial charge is 0.481 e. The van der Waals surface area contributed by atoms with Crippen LogP contribution in [0.1, 0.15) is 29.0 Å². The number of carboxylic acids is 1. The Balaban J connectivity index is 2.21. The highest BCUT2D eigenvalue weighted by Gasteiger charge is 2.30. The Bertz CT molecular complexity index is 634. The van der Waals surface area contributed by atoms with Crippen LogP contribution in [0.15, 0.2) is 36.5 Å². The van der Waals surface area contributed by atoms with Crippen LogP contribution < -0.4 is 0 Å². The van der Waals surface area contributed by atoms with Crippen LogP contribution >= 0.6 is 0 Å². The highest BCUT2D eigenvalue weighted by Crippen LogP contribution is 2.45. The number of hydrogen-bond donors (Lipinski definition) is 1. The Morgan fingerprint density at radius 3 is 2.94 bits per heavy atom. The Hall–Kier alpha value is -2.16. The molecule has 0 radical (unpaired) electrons. The fraction of sp³-hybridized carbons (Fsp3) is 0.200. The number of hydrogen-bond acceptors (Lipinski definition) is 2. The van der Waals surface area contributed by atoms with Gasteiger partial charge in [0.05, 0.1) is 12.1 Å². The molecule has 1 unspecified atom stereocenters. The third-order valence-electron chi connectivity index (χ3n) is 3.43. The van der Waals surface area contributed by atoms with Crippen molar-refractivity contribution in [2.45, 2.75) is 19.3 Å². The molecule has 1 aromatic heterocycles. The first-order valence-corrected chi connectivity index (χ1v) is 5.94. The normalized spacial score (nSPS) is 16.2. The highest BCUT2D eigenvalue weighted by molar-refractivity contribution is 5.79. The highest BCUT2D eigenvalue weighted by atomic mass is 16.4. The molecule has 0 spiro atoms.